The number of pyridine rings is 3. The zero-order valence-electron chi connectivity index (χ0n) is 14.5. The molecule has 0 atom stereocenters. The Labute approximate surface area is 157 Å². The summed E-state index contributed by atoms with van der Waals surface area (Å²) in [4.78, 5) is 24.4. The summed E-state index contributed by atoms with van der Waals surface area (Å²) in [5.41, 5.74) is 0.488. The monoisotopic (exact) mass is 380 g/mol. The molecule has 0 aliphatic carbocycles. The molecule has 4 heterocycles. The van der Waals surface area contributed by atoms with Crippen LogP contribution in [0.1, 0.15) is 10.4 Å². The van der Waals surface area contributed by atoms with Crippen molar-refractivity contribution in [2.45, 2.75) is 0 Å². The Morgan fingerprint density at radius 3 is 2.86 bits per heavy atom. The van der Waals surface area contributed by atoms with Crippen LogP contribution < -0.4 is 14.8 Å². The third-order valence-electron chi connectivity index (χ3n) is 3.71. The van der Waals surface area contributed by atoms with E-state index in [0.29, 0.717) is 22.9 Å². The van der Waals surface area contributed by atoms with Gasteiger partial charge in [-0.1, -0.05) is 6.07 Å². The van der Waals surface area contributed by atoms with E-state index in [1.807, 2.05) is 0 Å². The summed E-state index contributed by atoms with van der Waals surface area (Å²) in [6, 6.07) is 7.25. The van der Waals surface area contributed by atoms with E-state index in [9.17, 15) is 9.18 Å². The van der Waals surface area contributed by atoms with E-state index in [-0.39, 0.29) is 11.4 Å². The Bertz CT molecular complexity index is 1160. The molecule has 0 radical (unpaired) electrons. The van der Waals surface area contributed by atoms with Crippen molar-refractivity contribution in [1.82, 2.24) is 24.6 Å². The fourth-order valence-electron chi connectivity index (χ4n) is 2.49. The topological polar surface area (TPSA) is 104 Å². The van der Waals surface area contributed by atoms with Gasteiger partial charge in [-0.3, -0.25) is 9.78 Å². The minimum atomic E-state index is -0.701. The molecule has 0 saturated carbocycles. The van der Waals surface area contributed by atoms with Crippen LogP contribution in [0.2, 0.25) is 0 Å². The normalized spacial score (nSPS) is 10.6. The highest BCUT2D eigenvalue weighted by Crippen LogP contribution is 2.26. The van der Waals surface area contributed by atoms with E-state index >= 15 is 0 Å². The lowest BCUT2D eigenvalue weighted by atomic mass is 10.2. The summed E-state index contributed by atoms with van der Waals surface area (Å²) in [5, 5.41) is 6.58. The second kappa shape index (κ2) is 7.27. The second-order valence-corrected chi connectivity index (χ2v) is 5.58. The molecule has 0 aliphatic heterocycles. The van der Waals surface area contributed by atoms with Gasteiger partial charge in [0.1, 0.15) is 29.4 Å². The average molecular weight is 380 g/mol. The fraction of sp³-hybridized carbons (Fsp3) is 0.0556. The SMILES string of the molecule is COc1cncc(Oc2cc(C(=O)Nc3cccc(F)n3)c3ncnn3c2)c1. The van der Waals surface area contributed by atoms with Gasteiger partial charge in [0.25, 0.3) is 5.91 Å². The first-order valence-corrected chi connectivity index (χ1v) is 8.06. The Morgan fingerprint density at radius 2 is 2.04 bits per heavy atom. The Kier molecular flexibility index (Phi) is 4.50. The highest BCUT2D eigenvalue weighted by atomic mass is 19.1. The van der Waals surface area contributed by atoms with Gasteiger partial charge in [0.15, 0.2) is 5.65 Å². The number of ether oxygens (including phenoxy) is 2. The maximum absolute atomic E-state index is 13.3. The molecule has 0 unspecified atom stereocenters. The molecule has 0 saturated heterocycles. The van der Waals surface area contributed by atoms with Gasteiger partial charge >= 0.3 is 0 Å². The van der Waals surface area contributed by atoms with Crippen molar-refractivity contribution in [2.24, 2.45) is 0 Å². The van der Waals surface area contributed by atoms with Gasteiger partial charge < -0.3 is 14.8 Å². The molecule has 0 aliphatic rings. The molecule has 1 N–H and O–H groups in total. The Hall–Kier alpha value is -4.08. The molecule has 1 amide bonds. The molecule has 28 heavy (non-hydrogen) atoms. The molecule has 0 spiro atoms. The lowest BCUT2D eigenvalue weighted by Crippen LogP contribution is -2.15. The highest BCUT2D eigenvalue weighted by Gasteiger charge is 2.16. The van der Waals surface area contributed by atoms with Crippen LogP contribution in [0.25, 0.3) is 5.65 Å². The van der Waals surface area contributed by atoms with Crippen LogP contribution in [0.3, 0.4) is 0 Å². The first-order valence-electron chi connectivity index (χ1n) is 8.06. The van der Waals surface area contributed by atoms with Crippen molar-refractivity contribution < 1.29 is 18.7 Å². The van der Waals surface area contributed by atoms with Gasteiger partial charge in [-0.15, -0.1) is 0 Å². The van der Waals surface area contributed by atoms with Crippen LogP contribution in [-0.2, 0) is 0 Å². The summed E-state index contributed by atoms with van der Waals surface area (Å²) in [5.74, 6) is 0.0983. The largest absolute Gasteiger partial charge is 0.495 e. The molecule has 10 heteroatoms. The molecule has 4 rings (SSSR count). The van der Waals surface area contributed by atoms with Crippen LogP contribution in [0.5, 0.6) is 17.2 Å². The zero-order chi connectivity index (χ0) is 19.5. The number of carbonyl (C=O) groups is 1. The van der Waals surface area contributed by atoms with Crippen LogP contribution >= 0.6 is 0 Å². The van der Waals surface area contributed by atoms with E-state index in [4.69, 9.17) is 9.47 Å². The van der Waals surface area contributed by atoms with Crippen molar-refractivity contribution in [3.63, 3.8) is 0 Å². The molecular weight excluding hydrogens is 367 g/mol. The highest BCUT2D eigenvalue weighted by molar-refractivity contribution is 6.08. The van der Waals surface area contributed by atoms with Crippen molar-refractivity contribution >= 4 is 17.4 Å². The first-order chi connectivity index (χ1) is 13.6. The smallest absolute Gasteiger partial charge is 0.260 e. The predicted octanol–water partition coefficient (Wildman–Crippen LogP) is 2.71. The van der Waals surface area contributed by atoms with Crippen LogP contribution in [0.15, 0.2) is 55.2 Å². The number of halogens is 1. The number of nitrogens with zero attached hydrogens (tertiary/aromatic N) is 5. The number of fused-ring (bicyclic) bond motifs is 1. The molecular formula is C18H13FN6O3. The van der Waals surface area contributed by atoms with E-state index in [2.05, 4.69) is 25.4 Å². The standard InChI is InChI=1S/C18H13FN6O3/c1-27-11-5-12(8-20-7-11)28-13-6-14(17-21-10-22-25(17)9-13)18(26)24-16-4-2-3-15(19)23-16/h2-10H,1H3,(H,23,24,26). The van der Waals surface area contributed by atoms with E-state index in [1.165, 1.54) is 48.4 Å². The summed E-state index contributed by atoms with van der Waals surface area (Å²) >= 11 is 0. The number of amides is 1. The third-order valence-corrected chi connectivity index (χ3v) is 3.71. The summed E-state index contributed by atoms with van der Waals surface area (Å²) in [6.45, 7) is 0. The molecule has 0 fully saturated rings. The van der Waals surface area contributed by atoms with Crippen molar-refractivity contribution in [3.8, 4) is 17.2 Å². The minimum Gasteiger partial charge on any atom is -0.495 e. The van der Waals surface area contributed by atoms with Gasteiger partial charge in [0.2, 0.25) is 5.95 Å². The van der Waals surface area contributed by atoms with Gasteiger partial charge in [-0.2, -0.15) is 9.49 Å². The third kappa shape index (κ3) is 3.56. The summed E-state index contributed by atoms with van der Waals surface area (Å²) in [7, 11) is 1.52. The zero-order valence-corrected chi connectivity index (χ0v) is 14.5. The first kappa shape index (κ1) is 17.3. The quantitative estimate of drug-likeness (QED) is 0.531. The average Bonchev–Trinajstić information content (AvgIpc) is 3.16. The Morgan fingerprint density at radius 1 is 1.18 bits per heavy atom. The molecule has 0 bridgehead atoms. The number of methoxy groups -OCH3 is 1. The number of carbonyl (C=O) groups excluding carboxylic acids is 1. The predicted molar refractivity (Wildman–Crippen MR) is 96.0 cm³/mol. The van der Waals surface area contributed by atoms with Crippen LogP contribution in [0, 0.1) is 5.95 Å². The Balaban J connectivity index is 1.67. The maximum atomic E-state index is 13.3. The lowest BCUT2D eigenvalue weighted by Gasteiger charge is -2.10. The molecule has 4 aromatic heterocycles. The van der Waals surface area contributed by atoms with Gasteiger partial charge in [0, 0.05) is 6.07 Å². The van der Waals surface area contributed by atoms with Gasteiger partial charge in [-0.05, 0) is 18.2 Å². The van der Waals surface area contributed by atoms with E-state index < -0.39 is 11.9 Å². The maximum Gasteiger partial charge on any atom is 0.260 e. The van der Waals surface area contributed by atoms with E-state index in [1.54, 1.807) is 18.5 Å². The van der Waals surface area contributed by atoms with E-state index in [0.717, 1.165) is 0 Å². The molecule has 0 aromatic carbocycles. The summed E-state index contributed by atoms with van der Waals surface area (Å²) in [6.07, 6.45) is 5.92. The number of anilines is 1. The summed E-state index contributed by atoms with van der Waals surface area (Å²) < 4.78 is 25.6. The van der Waals surface area contributed by atoms with Gasteiger partial charge in [0.05, 0.1) is 31.3 Å². The molecule has 140 valence electrons. The second-order valence-electron chi connectivity index (χ2n) is 5.58. The molecule has 9 nitrogen and oxygen atoms in total. The fourth-order valence-corrected chi connectivity index (χ4v) is 2.49. The van der Waals surface area contributed by atoms with Crippen LogP contribution in [-0.4, -0.2) is 37.6 Å². The number of nitrogens with one attached hydrogen (secondary N) is 1. The number of hydrogen-bond donors (Lipinski definition) is 1. The lowest BCUT2D eigenvalue weighted by molar-refractivity contribution is 0.102. The minimum absolute atomic E-state index is 0.0750. The van der Waals surface area contributed by atoms with Crippen LogP contribution in [0.4, 0.5) is 10.2 Å². The molecule has 4 aromatic rings. The number of rotatable bonds is 5. The van der Waals surface area contributed by atoms with Crippen molar-refractivity contribution in [1.29, 1.82) is 0 Å². The van der Waals surface area contributed by atoms with Crippen molar-refractivity contribution in [3.05, 3.63) is 66.8 Å². The van der Waals surface area contributed by atoms with Crippen molar-refractivity contribution in [2.75, 3.05) is 12.4 Å². The van der Waals surface area contributed by atoms with Gasteiger partial charge in [-0.25, -0.2) is 14.5 Å². The number of hydrogen-bond acceptors (Lipinski definition) is 7. The number of aromatic nitrogens is 5.